The van der Waals surface area contributed by atoms with Crippen LogP contribution in [0.15, 0.2) is 48.5 Å². The molecule has 6 nitrogen and oxygen atoms in total. The van der Waals surface area contributed by atoms with Crippen molar-refractivity contribution in [1.29, 1.82) is 0 Å². The fourth-order valence-electron chi connectivity index (χ4n) is 2.17. The van der Waals surface area contributed by atoms with Gasteiger partial charge in [0.05, 0.1) is 25.8 Å². The highest BCUT2D eigenvalue weighted by molar-refractivity contribution is 5.90. The molecule has 2 N–H and O–H groups in total. The highest BCUT2D eigenvalue weighted by Crippen LogP contribution is 2.12. The molecule has 0 aliphatic heterocycles. The third-order valence-corrected chi connectivity index (χ3v) is 3.47. The van der Waals surface area contributed by atoms with Crippen molar-refractivity contribution < 1.29 is 19.1 Å². The minimum absolute atomic E-state index is 0.128. The summed E-state index contributed by atoms with van der Waals surface area (Å²) in [4.78, 5) is 23.5. The summed E-state index contributed by atoms with van der Waals surface area (Å²) in [7, 11) is 1.61. The zero-order valence-corrected chi connectivity index (χ0v) is 14.4. The first-order valence-electron chi connectivity index (χ1n) is 8.03. The van der Waals surface area contributed by atoms with Gasteiger partial charge in [-0.1, -0.05) is 12.1 Å². The van der Waals surface area contributed by atoms with E-state index in [0.29, 0.717) is 18.7 Å². The molecule has 0 saturated carbocycles. The largest absolute Gasteiger partial charge is 0.497 e. The van der Waals surface area contributed by atoms with E-state index in [4.69, 9.17) is 9.47 Å². The number of methoxy groups -OCH3 is 1. The molecule has 0 aliphatic rings. The number of benzene rings is 2. The molecule has 0 heterocycles. The van der Waals surface area contributed by atoms with E-state index >= 15 is 0 Å². The normalized spacial score (nSPS) is 10.0. The fourth-order valence-corrected chi connectivity index (χ4v) is 2.17. The lowest BCUT2D eigenvalue weighted by Gasteiger charge is -2.09. The van der Waals surface area contributed by atoms with Crippen LogP contribution in [0.25, 0.3) is 0 Å². The van der Waals surface area contributed by atoms with E-state index in [2.05, 4.69) is 10.6 Å². The number of nitrogens with one attached hydrogen (secondary N) is 2. The maximum atomic E-state index is 11.9. The Morgan fingerprint density at radius 1 is 1.08 bits per heavy atom. The number of carbonyl (C=O) groups excluding carboxylic acids is 2. The third kappa shape index (κ3) is 5.84. The molecule has 132 valence electrons. The molecule has 0 saturated heterocycles. The van der Waals surface area contributed by atoms with Gasteiger partial charge < -0.3 is 20.1 Å². The number of ether oxygens (including phenoxy) is 2. The van der Waals surface area contributed by atoms with Crippen LogP contribution >= 0.6 is 0 Å². The molecular formula is C19H22N2O4. The zero-order valence-electron chi connectivity index (χ0n) is 14.4. The van der Waals surface area contributed by atoms with Crippen LogP contribution in [0.3, 0.4) is 0 Å². The standard InChI is InChI=1S/C19H22N2O4/c1-3-25-19(23)15-7-9-16(10-8-15)20-13-18(22)21-12-14-5-4-6-17(11-14)24-2/h4-11,20H,3,12-13H2,1-2H3,(H,21,22). The Balaban J connectivity index is 1.78. The molecule has 2 aromatic rings. The lowest BCUT2D eigenvalue weighted by molar-refractivity contribution is -0.119. The summed E-state index contributed by atoms with van der Waals surface area (Å²) in [6.45, 7) is 2.67. The van der Waals surface area contributed by atoms with Gasteiger partial charge in [-0.05, 0) is 48.9 Å². The van der Waals surface area contributed by atoms with Crippen molar-refractivity contribution >= 4 is 17.6 Å². The minimum Gasteiger partial charge on any atom is -0.497 e. The Morgan fingerprint density at radius 3 is 2.52 bits per heavy atom. The Labute approximate surface area is 147 Å². The van der Waals surface area contributed by atoms with E-state index < -0.39 is 0 Å². The molecule has 0 aromatic heterocycles. The number of carbonyl (C=O) groups is 2. The molecule has 0 atom stereocenters. The highest BCUT2D eigenvalue weighted by Gasteiger charge is 2.06. The van der Waals surface area contributed by atoms with Crippen molar-refractivity contribution in [1.82, 2.24) is 5.32 Å². The number of rotatable bonds is 8. The molecule has 0 unspecified atom stereocenters. The number of anilines is 1. The van der Waals surface area contributed by atoms with Crippen molar-refractivity contribution in [2.75, 3.05) is 25.6 Å². The second-order valence-electron chi connectivity index (χ2n) is 5.28. The van der Waals surface area contributed by atoms with E-state index in [-0.39, 0.29) is 18.4 Å². The Kier molecular flexibility index (Phi) is 6.83. The first-order valence-corrected chi connectivity index (χ1v) is 8.03. The van der Waals surface area contributed by atoms with Crippen LogP contribution in [0.4, 0.5) is 5.69 Å². The van der Waals surface area contributed by atoms with Crippen LogP contribution in [0.5, 0.6) is 5.75 Å². The average molecular weight is 342 g/mol. The van der Waals surface area contributed by atoms with Gasteiger partial charge in [0.1, 0.15) is 5.75 Å². The predicted octanol–water partition coefficient (Wildman–Crippen LogP) is 2.60. The van der Waals surface area contributed by atoms with E-state index in [1.165, 1.54) is 0 Å². The Morgan fingerprint density at radius 2 is 1.84 bits per heavy atom. The molecule has 0 spiro atoms. The second-order valence-corrected chi connectivity index (χ2v) is 5.28. The van der Waals surface area contributed by atoms with Crippen LogP contribution in [0.1, 0.15) is 22.8 Å². The zero-order chi connectivity index (χ0) is 18.1. The maximum Gasteiger partial charge on any atom is 0.338 e. The van der Waals surface area contributed by atoms with Crippen LogP contribution in [0.2, 0.25) is 0 Å². The van der Waals surface area contributed by atoms with Gasteiger partial charge in [0.15, 0.2) is 0 Å². The van der Waals surface area contributed by atoms with Gasteiger partial charge in [0.2, 0.25) is 5.91 Å². The summed E-state index contributed by atoms with van der Waals surface area (Å²) in [5.74, 6) is 0.272. The van der Waals surface area contributed by atoms with Gasteiger partial charge in [0.25, 0.3) is 0 Å². The molecule has 0 fully saturated rings. The number of esters is 1. The van der Waals surface area contributed by atoms with Crippen LogP contribution in [0, 0.1) is 0 Å². The van der Waals surface area contributed by atoms with E-state index in [9.17, 15) is 9.59 Å². The number of amides is 1. The first kappa shape index (κ1) is 18.3. The van der Waals surface area contributed by atoms with Gasteiger partial charge in [0, 0.05) is 12.2 Å². The van der Waals surface area contributed by atoms with Gasteiger partial charge in [-0.3, -0.25) is 4.79 Å². The second kappa shape index (κ2) is 9.32. The van der Waals surface area contributed by atoms with Crippen LogP contribution in [-0.4, -0.2) is 32.1 Å². The van der Waals surface area contributed by atoms with Crippen molar-refractivity contribution in [3.8, 4) is 5.75 Å². The van der Waals surface area contributed by atoms with Gasteiger partial charge >= 0.3 is 5.97 Å². The predicted molar refractivity (Wildman–Crippen MR) is 95.7 cm³/mol. The third-order valence-electron chi connectivity index (χ3n) is 3.47. The van der Waals surface area contributed by atoms with Gasteiger partial charge in [-0.25, -0.2) is 4.79 Å². The average Bonchev–Trinajstić information content (AvgIpc) is 2.65. The summed E-state index contributed by atoms with van der Waals surface area (Å²) >= 11 is 0. The molecular weight excluding hydrogens is 320 g/mol. The lowest BCUT2D eigenvalue weighted by atomic mass is 10.2. The molecule has 0 radical (unpaired) electrons. The summed E-state index contributed by atoms with van der Waals surface area (Å²) in [5, 5.41) is 5.85. The lowest BCUT2D eigenvalue weighted by Crippen LogP contribution is -2.29. The number of hydrogen-bond acceptors (Lipinski definition) is 5. The highest BCUT2D eigenvalue weighted by atomic mass is 16.5. The number of hydrogen-bond donors (Lipinski definition) is 2. The first-order chi connectivity index (χ1) is 12.1. The summed E-state index contributed by atoms with van der Waals surface area (Å²) in [6.07, 6.45) is 0. The van der Waals surface area contributed by atoms with Crippen LogP contribution in [-0.2, 0) is 16.1 Å². The van der Waals surface area contributed by atoms with E-state index in [1.807, 2.05) is 24.3 Å². The summed E-state index contributed by atoms with van der Waals surface area (Å²) in [6, 6.07) is 14.3. The molecule has 0 aliphatic carbocycles. The molecule has 0 bridgehead atoms. The van der Waals surface area contributed by atoms with Crippen molar-refractivity contribution in [3.63, 3.8) is 0 Å². The van der Waals surface area contributed by atoms with Crippen molar-refractivity contribution in [2.45, 2.75) is 13.5 Å². The molecule has 25 heavy (non-hydrogen) atoms. The van der Waals surface area contributed by atoms with Crippen molar-refractivity contribution in [3.05, 3.63) is 59.7 Å². The minimum atomic E-state index is -0.356. The topological polar surface area (TPSA) is 76.7 Å². The molecule has 1 amide bonds. The smallest absolute Gasteiger partial charge is 0.338 e. The van der Waals surface area contributed by atoms with Crippen molar-refractivity contribution in [2.24, 2.45) is 0 Å². The monoisotopic (exact) mass is 342 g/mol. The molecule has 2 rings (SSSR count). The summed E-state index contributed by atoms with van der Waals surface area (Å²) in [5.41, 5.74) is 2.20. The Hall–Kier alpha value is -3.02. The van der Waals surface area contributed by atoms with Gasteiger partial charge in [-0.15, -0.1) is 0 Å². The van der Waals surface area contributed by atoms with E-state index in [0.717, 1.165) is 17.0 Å². The van der Waals surface area contributed by atoms with Gasteiger partial charge in [-0.2, -0.15) is 0 Å². The Bertz CT molecular complexity index is 714. The van der Waals surface area contributed by atoms with Crippen LogP contribution < -0.4 is 15.4 Å². The summed E-state index contributed by atoms with van der Waals surface area (Å²) < 4.78 is 10.1. The van der Waals surface area contributed by atoms with E-state index in [1.54, 1.807) is 38.3 Å². The molecule has 6 heteroatoms. The molecule has 2 aromatic carbocycles. The maximum absolute atomic E-state index is 11.9. The fraction of sp³-hybridized carbons (Fsp3) is 0.263. The quantitative estimate of drug-likeness (QED) is 0.721. The SMILES string of the molecule is CCOC(=O)c1ccc(NCC(=O)NCc2cccc(OC)c2)cc1.